The summed E-state index contributed by atoms with van der Waals surface area (Å²) in [7, 11) is 0. The van der Waals surface area contributed by atoms with Gasteiger partial charge >= 0.3 is 6.68 Å². The first-order valence-electron chi connectivity index (χ1n) is 2.70. The van der Waals surface area contributed by atoms with Crippen molar-refractivity contribution in [2.75, 3.05) is 0 Å². The molecule has 1 radical (unpaired) electrons. The van der Waals surface area contributed by atoms with Crippen molar-refractivity contribution in [2.24, 2.45) is 0 Å². The molecule has 4 heteroatoms. The minimum absolute atomic E-state index is 0.322. The van der Waals surface area contributed by atoms with Crippen molar-refractivity contribution in [1.29, 1.82) is 0 Å². The van der Waals surface area contributed by atoms with Gasteiger partial charge in [-0.3, -0.25) is 0 Å². The summed E-state index contributed by atoms with van der Waals surface area (Å²) in [4.78, 5) is 0. The molecule has 1 N–H and O–H groups in total. The lowest BCUT2D eigenvalue weighted by atomic mass is 10.3. The molecule has 0 unspecified atom stereocenters. The normalized spacial score (nSPS) is 8.73. The standard InChI is InChI=1S/C6H6O.CF3/c7-6-4-2-1-3-5-6;2-1(3)4/h1-5,7H;. The highest BCUT2D eigenvalue weighted by Crippen LogP contribution is 2.02. The molecule has 0 bridgehead atoms. The van der Waals surface area contributed by atoms with Gasteiger partial charge in [-0.15, -0.1) is 0 Å². The van der Waals surface area contributed by atoms with Crippen molar-refractivity contribution in [3.8, 4) is 5.75 Å². The second kappa shape index (κ2) is 5.58. The predicted octanol–water partition coefficient (Wildman–Crippen LogP) is 2.73. The maximum absolute atomic E-state index is 9.58. The van der Waals surface area contributed by atoms with Gasteiger partial charge in [0, 0.05) is 0 Å². The largest absolute Gasteiger partial charge is 0.508 e. The number of phenolic OH excluding ortho intramolecular Hbond substituents is 1. The third kappa shape index (κ3) is 8.81. The van der Waals surface area contributed by atoms with Crippen molar-refractivity contribution in [3.63, 3.8) is 0 Å². The lowest BCUT2D eigenvalue weighted by Gasteiger charge is -1.82. The zero-order chi connectivity index (χ0) is 8.69. The fraction of sp³-hybridized carbons (Fsp3) is 0. The van der Waals surface area contributed by atoms with Crippen LogP contribution in [0, 0.1) is 6.68 Å². The first kappa shape index (κ1) is 9.81. The maximum atomic E-state index is 9.58. The number of phenols is 1. The van der Waals surface area contributed by atoms with E-state index in [0.29, 0.717) is 5.75 Å². The molecule has 1 aromatic rings. The molecule has 0 aliphatic carbocycles. The molecule has 0 atom stereocenters. The molecule has 0 heterocycles. The van der Waals surface area contributed by atoms with Gasteiger partial charge in [-0.25, -0.2) is 0 Å². The van der Waals surface area contributed by atoms with E-state index < -0.39 is 6.68 Å². The summed E-state index contributed by atoms with van der Waals surface area (Å²) in [5.41, 5.74) is 0. The molecule has 0 aliphatic heterocycles. The first-order chi connectivity index (χ1) is 5.13. The molecule has 0 saturated heterocycles. The summed E-state index contributed by atoms with van der Waals surface area (Å²) in [6.07, 6.45) is 0. The van der Waals surface area contributed by atoms with E-state index in [-0.39, 0.29) is 0 Å². The van der Waals surface area contributed by atoms with Crippen LogP contribution in [-0.4, -0.2) is 5.11 Å². The van der Waals surface area contributed by atoms with Crippen molar-refractivity contribution >= 4 is 0 Å². The van der Waals surface area contributed by atoms with E-state index in [4.69, 9.17) is 5.11 Å². The topological polar surface area (TPSA) is 20.2 Å². The Balaban J connectivity index is 0.000000218. The summed E-state index contributed by atoms with van der Waals surface area (Å²) >= 11 is 0. The van der Waals surface area contributed by atoms with E-state index in [0.717, 1.165) is 0 Å². The molecule has 0 aliphatic rings. The van der Waals surface area contributed by atoms with Gasteiger partial charge in [0.25, 0.3) is 0 Å². The smallest absolute Gasteiger partial charge is 0.487 e. The molecular weight excluding hydrogens is 157 g/mol. The number of hydrogen-bond acceptors (Lipinski definition) is 1. The third-order valence-corrected chi connectivity index (χ3v) is 0.756. The summed E-state index contributed by atoms with van der Waals surface area (Å²) in [6, 6.07) is 8.71. The van der Waals surface area contributed by atoms with Crippen LogP contribution in [0.2, 0.25) is 0 Å². The molecule has 1 nitrogen and oxygen atoms in total. The van der Waals surface area contributed by atoms with Crippen molar-refractivity contribution in [1.82, 2.24) is 0 Å². The van der Waals surface area contributed by atoms with E-state index in [1.54, 1.807) is 24.3 Å². The van der Waals surface area contributed by atoms with Gasteiger partial charge in [0.2, 0.25) is 0 Å². The number of benzene rings is 1. The highest BCUT2D eigenvalue weighted by Gasteiger charge is 1.93. The number of halogens is 3. The Hall–Kier alpha value is -1.19. The van der Waals surface area contributed by atoms with Crippen LogP contribution in [0.25, 0.3) is 0 Å². The molecule has 61 valence electrons. The van der Waals surface area contributed by atoms with E-state index in [2.05, 4.69) is 0 Å². The first-order valence-corrected chi connectivity index (χ1v) is 2.70. The zero-order valence-corrected chi connectivity index (χ0v) is 5.47. The molecule has 0 aromatic heterocycles. The second-order valence-corrected chi connectivity index (χ2v) is 1.55. The van der Waals surface area contributed by atoms with Crippen LogP contribution >= 0.6 is 0 Å². The number of aromatic hydroxyl groups is 1. The van der Waals surface area contributed by atoms with Gasteiger partial charge in [0.05, 0.1) is 0 Å². The minimum atomic E-state index is -3.08. The highest BCUT2D eigenvalue weighted by atomic mass is 19.4. The van der Waals surface area contributed by atoms with E-state index >= 15 is 0 Å². The molecule has 11 heavy (non-hydrogen) atoms. The Morgan fingerprint density at radius 2 is 1.36 bits per heavy atom. The third-order valence-electron chi connectivity index (χ3n) is 0.756. The minimum Gasteiger partial charge on any atom is -0.508 e. The Labute approximate surface area is 62.1 Å². The quantitative estimate of drug-likeness (QED) is 0.623. The maximum Gasteiger partial charge on any atom is 0.487 e. The summed E-state index contributed by atoms with van der Waals surface area (Å²) in [6.45, 7) is -3.08. The van der Waals surface area contributed by atoms with Gasteiger partial charge in [0.15, 0.2) is 0 Å². The van der Waals surface area contributed by atoms with Gasteiger partial charge in [-0.2, -0.15) is 13.2 Å². The van der Waals surface area contributed by atoms with Gasteiger partial charge in [0.1, 0.15) is 5.75 Å². The lowest BCUT2D eigenvalue weighted by Crippen LogP contribution is -1.56. The highest BCUT2D eigenvalue weighted by molar-refractivity contribution is 5.18. The predicted molar refractivity (Wildman–Crippen MR) is 34.7 cm³/mol. The summed E-state index contributed by atoms with van der Waals surface area (Å²) < 4.78 is 28.8. The van der Waals surface area contributed by atoms with Gasteiger partial charge in [-0.05, 0) is 12.1 Å². The SMILES string of the molecule is F[C](F)F.Oc1ccccc1. The molecule has 0 saturated carbocycles. The Kier molecular flexibility index (Phi) is 4.98. The Morgan fingerprint density at radius 3 is 1.55 bits per heavy atom. The molecule has 0 fully saturated rings. The number of rotatable bonds is 0. The van der Waals surface area contributed by atoms with Crippen LogP contribution in [0.4, 0.5) is 13.2 Å². The number of hydrogen-bond donors (Lipinski definition) is 1. The van der Waals surface area contributed by atoms with E-state index in [1.807, 2.05) is 6.07 Å². The van der Waals surface area contributed by atoms with Crippen LogP contribution < -0.4 is 0 Å². The van der Waals surface area contributed by atoms with Gasteiger partial charge in [-0.1, -0.05) is 18.2 Å². The zero-order valence-electron chi connectivity index (χ0n) is 5.47. The van der Waals surface area contributed by atoms with Crippen LogP contribution in [-0.2, 0) is 0 Å². The van der Waals surface area contributed by atoms with Crippen LogP contribution in [0.15, 0.2) is 30.3 Å². The van der Waals surface area contributed by atoms with Gasteiger partial charge < -0.3 is 5.11 Å². The van der Waals surface area contributed by atoms with Crippen LogP contribution in [0.5, 0.6) is 5.75 Å². The molecular formula is C7H6F3O. The average Bonchev–Trinajstić information content (AvgIpc) is 1.87. The van der Waals surface area contributed by atoms with E-state index in [1.165, 1.54) is 0 Å². The van der Waals surface area contributed by atoms with Crippen molar-refractivity contribution in [3.05, 3.63) is 37.0 Å². The molecule has 1 rings (SSSR count). The summed E-state index contributed by atoms with van der Waals surface area (Å²) in [5, 5.41) is 8.63. The molecule has 0 amide bonds. The molecule has 1 aromatic carbocycles. The Morgan fingerprint density at radius 1 is 1.00 bits per heavy atom. The molecule has 0 spiro atoms. The fourth-order valence-corrected chi connectivity index (χ4v) is 0.428. The fourth-order valence-electron chi connectivity index (χ4n) is 0.428. The average molecular weight is 163 g/mol. The monoisotopic (exact) mass is 163 g/mol. The van der Waals surface area contributed by atoms with Crippen molar-refractivity contribution in [2.45, 2.75) is 0 Å². The lowest BCUT2D eigenvalue weighted by molar-refractivity contribution is 0.142. The number of para-hydroxylation sites is 1. The Bertz CT molecular complexity index is 174. The second-order valence-electron chi connectivity index (χ2n) is 1.55. The van der Waals surface area contributed by atoms with Crippen LogP contribution in [0.1, 0.15) is 0 Å². The van der Waals surface area contributed by atoms with E-state index in [9.17, 15) is 13.2 Å². The van der Waals surface area contributed by atoms with Crippen molar-refractivity contribution < 1.29 is 18.3 Å². The summed E-state index contributed by atoms with van der Waals surface area (Å²) in [5.74, 6) is 0.322. The van der Waals surface area contributed by atoms with Crippen LogP contribution in [0.3, 0.4) is 0 Å².